The average Bonchev–Trinajstić information content (AvgIpc) is 2.60. The summed E-state index contributed by atoms with van der Waals surface area (Å²) in [5, 5.41) is 5.44. The Hall–Kier alpha value is -2.80. The maximum Gasteiger partial charge on any atom is 0.228 e. The Bertz CT molecular complexity index is 870. The number of benzene rings is 2. The maximum absolute atomic E-state index is 13.5. The smallest absolute Gasteiger partial charge is 0.228 e. The van der Waals surface area contributed by atoms with Gasteiger partial charge in [0.1, 0.15) is 11.6 Å². The summed E-state index contributed by atoms with van der Waals surface area (Å²) >= 11 is 0. The first-order chi connectivity index (χ1) is 12.8. The third-order valence-corrected chi connectivity index (χ3v) is 4.70. The van der Waals surface area contributed by atoms with Gasteiger partial charge < -0.3 is 15.5 Å². The number of rotatable bonds is 5. The monoisotopic (exact) mass is 373 g/mol. The molecule has 2 aromatic rings. The molecule has 1 aliphatic heterocycles. The van der Waals surface area contributed by atoms with Gasteiger partial charge >= 0.3 is 0 Å². The maximum atomic E-state index is 13.5. The molecule has 0 bridgehead atoms. The van der Waals surface area contributed by atoms with Crippen LogP contribution in [-0.4, -0.2) is 37.4 Å². The number of nitrogens with one attached hydrogen (secondary N) is 2. The van der Waals surface area contributed by atoms with Crippen molar-refractivity contribution in [3.63, 3.8) is 0 Å². The Morgan fingerprint density at radius 2 is 1.96 bits per heavy atom. The minimum Gasteiger partial charge on any atom is -0.354 e. The number of anilines is 1. The van der Waals surface area contributed by atoms with Crippen LogP contribution in [0.4, 0.5) is 14.5 Å². The second-order valence-electron chi connectivity index (χ2n) is 6.82. The van der Waals surface area contributed by atoms with Gasteiger partial charge in [-0.1, -0.05) is 18.2 Å². The molecule has 2 amide bonds. The predicted octanol–water partition coefficient (Wildman–Crippen LogP) is 2.81. The second-order valence-corrected chi connectivity index (χ2v) is 6.82. The van der Waals surface area contributed by atoms with Gasteiger partial charge in [-0.25, -0.2) is 8.78 Å². The van der Waals surface area contributed by atoms with Gasteiger partial charge in [0.2, 0.25) is 11.8 Å². The van der Waals surface area contributed by atoms with Crippen LogP contribution in [0.15, 0.2) is 42.5 Å². The van der Waals surface area contributed by atoms with Crippen LogP contribution < -0.4 is 10.6 Å². The zero-order valence-electron chi connectivity index (χ0n) is 15.1. The molecule has 0 fully saturated rings. The number of likely N-dealkylation sites (N-methyl/N-ethyl adjacent to an activating group) is 1. The molecule has 2 N–H and O–H groups in total. The van der Waals surface area contributed by atoms with E-state index in [2.05, 4.69) is 10.6 Å². The van der Waals surface area contributed by atoms with Crippen molar-refractivity contribution in [1.29, 1.82) is 0 Å². The molecule has 27 heavy (non-hydrogen) atoms. The van der Waals surface area contributed by atoms with E-state index < -0.39 is 11.7 Å². The number of amides is 2. The normalized spacial score (nSPS) is 17.2. The van der Waals surface area contributed by atoms with E-state index in [1.54, 1.807) is 12.1 Å². The first kappa shape index (κ1) is 19.0. The van der Waals surface area contributed by atoms with Crippen LogP contribution in [0, 0.1) is 11.6 Å². The van der Waals surface area contributed by atoms with Gasteiger partial charge in [0.25, 0.3) is 0 Å². The number of fused-ring (bicyclic) bond motifs is 1. The summed E-state index contributed by atoms with van der Waals surface area (Å²) < 4.78 is 27.0. The highest BCUT2D eigenvalue weighted by Crippen LogP contribution is 2.33. The molecular formula is C20H21F2N3O2. The molecule has 142 valence electrons. The van der Waals surface area contributed by atoms with Crippen LogP contribution in [0.3, 0.4) is 0 Å². The Morgan fingerprint density at radius 3 is 2.67 bits per heavy atom. The van der Waals surface area contributed by atoms with Gasteiger partial charge in [-0.3, -0.25) is 9.59 Å². The molecule has 0 aliphatic carbocycles. The van der Waals surface area contributed by atoms with E-state index in [9.17, 15) is 18.4 Å². The minimum absolute atomic E-state index is 0.00291. The van der Waals surface area contributed by atoms with Crippen molar-refractivity contribution in [2.75, 3.05) is 26.0 Å². The van der Waals surface area contributed by atoms with Crippen LogP contribution in [0.5, 0.6) is 0 Å². The highest BCUT2D eigenvalue weighted by atomic mass is 19.1. The van der Waals surface area contributed by atoms with E-state index >= 15 is 0 Å². The van der Waals surface area contributed by atoms with Gasteiger partial charge in [-0.15, -0.1) is 0 Å². The minimum atomic E-state index is -0.690. The van der Waals surface area contributed by atoms with Gasteiger partial charge in [-0.2, -0.15) is 0 Å². The highest BCUT2D eigenvalue weighted by molar-refractivity contribution is 6.01. The summed E-state index contributed by atoms with van der Waals surface area (Å²) in [5.74, 6) is -2.16. The van der Waals surface area contributed by atoms with Crippen molar-refractivity contribution in [2.45, 2.75) is 18.4 Å². The Morgan fingerprint density at radius 1 is 1.22 bits per heavy atom. The first-order valence-corrected chi connectivity index (χ1v) is 8.64. The number of hydrogen-bond acceptors (Lipinski definition) is 3. The summed E-state index contributed by atoms with van der Waals surface area (Å²) in [6.45, 7) is 0.254. The molecule has 1 heterocycles. The summed E-state index contributed by atoms with van der Waals surface area (Å²) in [4.78, 5) is 26.5. The molecule has 5 nitrogen and oxygen atoms in total. The Kier molecular flexibility index (Phi) is 5.51. The summed E-state index contributed by atoms with van der Waals surface area (Å²) in [5.41, 5.74) is 1.64. The second kappa shape index (κ2) is 7.84. The fourth-order valence-corrected chi connectivity index (χ4v) is 3.30. The van der Waals surface area contributed by atoms with Crippen molar-refractivity contribution in [3.8, 4) is 0 Å². The largest absolute Gasteiger partial charge is 0.354 e. The van der Waals surface area contributed by atoms with Crippen LogP contribution in [0.25, 0.3) is 0 Å². The third-order valence-electron chi connectivity index (χ3n) is 4.70. The lowest BCUT2D eigenvalue weighted by atomic mass is 9.89. The van der Waals surface area contributed by atoms with Crippen molar-refractivity contribution in [2.24, 2.45) is 0 Å². The molecule has 7 heteroatoms. The SMILES string of the molecule is CN(C)C(CNC(=O)C1CC(=O)Nc2cc(F)ccc21)c1cccc(F)c1. The zero-order valence-corrected chi connectivity index (χ0v) is 15.1. The third kappa shape index (κ3) is 4.31. The van der Waals surface area contributed by atoms with E-state index in [0.717, 1.165) is 5.56 Å². The molecule has 2 unspecified atom stereocenters. The van der Waals surface area contributed by atoms with Crippen LogP contribution in [-0.2, 0) is 9.59 Å². The summed E-state index contributed by atoms with van der Waals surface area (Å²) in [6, 6.07) is 9.99. The summed E-state index contributed by atoms with van der Waals surface area (Å²) in [6.07, 6.45) is -0.00291. The lowest BCUT2D eigenvalue weighted by molar-refractivity contribution is -0.126. The van der Waals surface area contributed by atoms with Gasteiger partial charge in [-0.05, 0) is 49.5 Å². The summed E-state index contributed by atoms with van der Waals surface area (Å²) in [7, 11) is 3.68. The number of carbonyl (C=O) groups excluding carboxylic acids is 2. The molecule has 3 rings (SSSR count). The van der Waals surface area contributed by atoms with Crippen molar-refractivity contribution >= 4 is 17.5 Å². The van der Waals surface area contributed by atoms with E-state index in [1.165, 1.54) is 30.3 Å². The first-order valence-electron chi connectivity index (χ1n) is 8.64. The van der Waals surface area contributed by atoms with E-state index in [4.69, 9.17) is 0 Å². The molecule has 0 aromatic heterocycles. The van der Waals surface area contributed by atoms with E-state index in [1.807, 2.05) is 19.0 Å². The van der Waals surface area contributed by atoms with Gasteiger partial charge in [0, 0.05) is 18.7 Å². The molecule has 0 spiro atoms. The molecule has 0 saturated carbocycles. The number of carbonyl (C=O) groups is 2. The van der Waals surface area contributed by atoms with Crippen molar-refractivity contribution in [1.82, 2.24) is 10.2 Å². The van der Waals surface area contributed by atoms with Gasteiger partial charge in [0.15, 0.2) is 0 Å². The molecular weight excluding hydrogens is 352 g/mol. The van der Waals surface area contributed by atoms with Crippen LogP contribution >= 0.6 is 0 Å². The lowest BCUT2D eigenvalue weighted by Gasteiger charge is -2.28. The average molecular weight is 373 g/mol. The quantitative estimate of drug-likeness (QED) is 0.847. The number of nitrogens with zero attached hydrogens (tertiary/aromatic N) is 1. The Labute approximate surface area is 156 Å². The van der Waals surface area contributed by atoms with Crippen molar-refractivity contribution in [3.05, 3.63) is 65.2 Å². The number of hydrogen-bond donors (Lipinski definition) is 2. The van der Waals surface area contributed by atoms with E-state index in [-0.39, 0.29) is 36.6 Å². The fourth-order valence-electron chi connectivity index (χ4n) is 3.30. The highest BCUT2D eigenvalue weighted by Gasteiger charge is 2.31. The van der Waals surface area contributed by atoms with Crippen LogP contribution in [0.1, 0.15) is 29.5 Å². The van der Waals surface area contributed by atoms with Crippen molar-refractivity contribution < 1.29 is 18.4 Å². The molecule has 2 atom stereocenters. The Balaban J connectivity index is 1.76. The molecule has 0 radical (unpaired) electrons. The van der Waals surface area contributed by atoms with Gasteiger partial charge in [0.05, 0.1) is 12.0 Å². The molecule has 2 aromatic carbocycles. The standard InChI is InChI=1S/C20H21F2N3O2/c1-25(2)18(12-4-3-5-13(21)8-12)11-23-20(27)16-10-19(26)24-17-9-14(22)6-7-15(16)17/h3-9,16,18H,10-11H2,1-2H3,(H,23,27)(H,24,26). The molecule has 0 saturated heterocycles. The van der Waals surface area contributed by atoms with E-state index in [0.29, 0.717) is 11.3 Å². The lowest BCUT2D eigenvalue weighted by Crippen LogP contribution is -2.39. The van der Waals surface area contributed by atoms with Crippen LogP contribution in [0.2, 0.25) is 0 Å². The predicted molar refractivity (Wildman–Crippen MR) is 98.2 cm³/mol. The topological polar surface area (TPSA) is 61.4 Å². The number of halogens is 2. The molecule has 1 aliphatic rings. The zero-order chi connectivity index (χ0) is 19.6. The fraction of sp³-hybridized carbons (Fsp3) is 0.300.